The van der Waals surface area contributed by atoms with Gasteiger partial charge in [-0.05, 0) is 43.7 Å². The van der Waals surface area contributed by atoms with Crippen molar-refractivity contribution in [1.29, 1.82) is 0 Å². The molecule has 1 heterocycles. The third-order valence-electron chi connectivity index (χ3n) is 3.91. The number of hydrogen-bond acceptors (Lipinski definition) is 3. The molecule has 2 aromatic carbocycles. The molecule has 0 aliphatic carbocycles. The lowest BCUT2D eigenvalue weighted by Gasteiger charge is -2.10. The molecule has 0 aliphatic heterocycles. The van der Waals surface area contributed by atoms with Crippen LogP contribution in [-0.2, 0) is 13.0 Å². The molecule has 0 atom stereocenters. The second kappa shape index (κ2) is 7.79. The summed E-state index contributed by atoms with van der Waals surface area (Å²) in [6.45, 7) is 2.32. The fraction of sp³-hybridized carbons (Fsp3) is 0.316. The Labute approximate surface area is 136 Å². The van der Waals surface area contributed by atoms with E-state index in [9.17, 15) is 0 Å². The minimum Gasteiger partial charge on any atom is -0.493 e. The second-order valence-electron chi connectivity index (χ2n) is 5.58. The van der Waals surface area contributed by atoms with Gasteiger partial charge in [0.05, 0.1) is 17.6 Å². The first-order valence-corrected chi connectivity index (χ1v) is 8.20. The molecule has 0 fully saturated rings. The smallest absolute Gasteiger partial charge is 0.119 e. The van der Waals surface area contributed by atoms with Gasteiger partial charge in [-0.15, -0.1) is 0 Å². The second-order valence-corrected chi connectivity index (χ2v) is 5.58. The number of rotatable bonds is 8. The fourth-order valence-corrected chi connectivity index (χ4v) is 2.76. The Bertz CT molecular complexity index is 737. The van der Waals surface area contributed by atoms with Gasteiger partial charge in [0.2, 0.25) is 0 Å². The number of unbranched alkanes of at least 4 members (excludes halogenated alkanes) is 1. The van der Waals surface area contributed by atoms with E-state index in [1.54, 1.807) is 0 Å². The summed E-state index contributed by atoms with van der Waals surface area (Å²) in [5.74, 6) is 1.98. The van der Waals surface area contributed by atoms with Gasteiger partial charge in [0.15, 0.2) is 0 Å². The summed E-state index contributed by atoms with van der Waals surface area (Å²) in [4.78, 5) is 4.77. The van der Waals surface area contributed by atoms with Crippen LogP contribution in [0.4, 0.5) is 0 Å². The van der Waals surface area contributed by atoms with Crippen LogP contribution in [0.25, 0.3) is 11.0 Å². The van der Waals surface area contributed by atoms with E-state index in [0.717, 1.165) is 49.4 Å². The molecule has 0 amide bonds. The number of nitrogens with zero attached hydrogens (tertiary/aromatic N) is 2. The van der Waals surface area contributed by atoms with Crippen LogP contribution in [0, 0.1) is 0 Å². The maximum Gasteiger partial charge on any atom is 0.119 e. The van der Waals surface area contributed by atoms with Crippen LogP contribution in [0.3, 0.4) is 0 Å². The predicted octanol–water partition coefficient (Wildman–Crippen LogP) is 3.40. The van der Waals surface area contributed by atoms with Gasteiger partial charge in [-0.3, -0.25) is 0 Å². The van der Waals surface area contributed by atoms with Crippen LogP contribution < -0.4 is 10.5 Å². The number of nitrogens with two attached hydrogens (primary N) is 1. The molecule has 0 unspecified atom stereocenters. The van der Waals surface area contributed by atoms with Crippen molar-refractivity contribution in [3.63, 3.8) is 0 Å². The molecule has 0 saturated heterocycles. The Kier molecular flexibility index (Phi) is 5.27. The lowest BCUT2D eigenvalue weighted by molar-refractivity contribution is 0.316. The number of aromatic nitrogens is 2. The molecule has 2 N–H and O–H groups in total. The van der Waals surface area contributed by atoms with E-state index in [1.807, 2.05) is 36.4 Å². The highest BCUT2D eigenvalue weighted by molar-refractivity contribution is 5.75. The third kappa shape index (κ3) is 3.90. The minimum atomic E-state index is 0.629. The van der Waals surface area contributed by atoms with E-state index in [1.165, 1.54) is 5.52 Å². The monoisotopic (exact) mass is 309 g/mol. The summed E-state index contributed by atoms with van der Waals surface area (Å²) >= 11 is 0. The SMILES string of the molecule is NCCCCn1c(CCOc2ccccc2)nc2ccccc21. The van der Waals surface area contributed by atoms with Crippen molar-refractivity contribution in [2.24, 2.45) is 5.73 Å². The van der Waals surface area contributed by atoms with Crippen molar-refractivity contribution in [3.8, 4) is 5.75 Å². The van der Waals surface area contributed by atoms with Crippen molar-refractivity contribution in [2.45, 2.75) is 25.8 Å². The zero-order valence-electron chi connectivity index (χ0n) is 13.3. The fourth-order valence-electron chi connectivity index (χ4n) is 2.76. The topological polar surface area (TPSA) is 53.1 Å². The van der Waals surface area contributed by atoms with Crippen LogP contribution >= 0.6 is 0 Å². The molecule has 23 heavy (non-hydrogen) atoms. The summed E-state index contributed by atoms with van der Waals surface area (Å²) in [6, 6.07) is 18.2. The molecule has 4 nitrogen and oxygen atoms in total. The molecule has 3 aromatic rings. The number of benzene rings is 2. The number of ether oxygens (including phenoxy) is 1. The van der Waals surface area contributed by atoms with Gasteiger partial charge < -0.3 is 15.0 Å². The highest BCUT2D eigenvalue weighted by Gasteiger charge is 2.10. The normalized spacial score (nSPS) is 11.0. The Morgan fingerprint density at radius 2 is 1.74 bits per heavy atom. The molecule has 0 saturated carbocycles. The molecular formula is C19H23N3O. The maximum atomic E-state index is 5.81. The van der Waals surface area contributed by atoms with Crippen molar-refractivity contribution < 1.29 is 4.74 Å². The largest absolute Gasteiger partial charge is 0.493 e. The minimum absolute atomic E-state index is 0.629. The lowest BCUT2D eigenvalue weighted by atomic mass is 10.3. The molecule has 0 spiro atoms. The van der Waals surface area contributed by atoms with Gasteiger partial charge in [0, 0.05) is 13.0 Å². The summed E-state index contributed by atoms with van der Waals surface area (Å²) in [7, 11) is 0. The van der Waals surface area contributed by atoms with Gasteiger partial charge in [0.25, 0.3) is 0 Å². The average Bonchev–Trinajstić information content (AvgIpc) is 2.94. The van der Waals surface area contributed by atoms with Crippen LogP contribution in [0.1, 0.15) is 18.7 Å². The Morgan fingerprint density at radius 3 is 2.57 bits per heavy atom. The van der Waals surface area contributed by atoms with E-state index < -0.39 is 0 Å². The van der Waals surface area contributed by atoms with Gasteiger partial charge in [-0.1, -0.05) is 30.3 Å². The Balaban J connectivity index is 1.72. The van der Waals surface area contributed by atoms with Crippen LogP contribution in [0.15, 0.2) is 54.6 Å². The molecule has 1 aromatic heterocycles. The predicted molar refractivity (Wildman–Crippen MR) is 93.7 cm³/mol. The molecule has 0 radical (unpaired) electrons. The number of aryl methyl sites for hydroxylation is 1. The van der Waals surface area contributed by atoms with E-state index in [0.29, 0.717) is 6.61 Å². The summed E-state index contributed by atoms with van der Waals surface area (Å²) in [6.07, 6.45) is 2.90. The molecule has 0 aliphatic rings. The highest BCUT2D eigenvalue weighted by atomic mass is 16.5. The summed E-state index contributed by atoms with van der Waals surface area (Å²) in [5, 5.41) is 0. The Hall–Kier alpha value is -2.33. The highest BCUT2D eigenvalue weighted by Crippen LogP contribution is 2.18. The first-order chi connectivity index (χ1) is 11.4. The van der Waals surface area contributed by atoms with Gasteiger partial charge in [-0.25, -0.2) is 4.98 Å². The molecule has 4 heteroatoms. The average molecular weight is 309 g/mol. The van der Waals surface area contributed by atoms with Gasteiger partial charge in [0.1, 0.15) is 11.6 Å². The molecular weight excluding hydrogens is 286 g/mol. The summed E-state index contributed by atoms with van der Waals surface area (Å²) in [5.41, 5.74) is 7.86. The zero-order valence-corrected chi connectivity index (χ0v) is 13.3. The number of para-hydroxylation sites is 3. The molecule has 3 rings (SSSR count). The summed E-state index contributed by atoms with van der Waals surface area (Å²) < 4.78 is 8.12. The van der Waals surface area contributed by atoms with E-state index in [2.05, 4.69) is 22.8 Å². The maximum absolute atomic E-state index is 5.81. The van der Waals surface area contributed by atoms with E-state index in [-0.39, 0.29) is 0 Å². The van der Waals surface area contributed by atoms with Crippen molar-refractivity contribution in [1.82, 2.24) is 9.55 Å². The van der Waals surface area contributed by atoms with Crippen LogP contribution in [-0.4, -0.2) is 22.7 Å². The number of hydrogen-bond donors (Lipinski definition) is 1. The first-order valence-electron chi connectivity index (χ1n) is 8.20. The van der Waals surface area contributed by atoms with Crippen LogP contribution in [0.2, 0.25) is 0 Å². The Morgan fingerprint density at radius 1 is 0.957 bits per heavy atom. The van der Waals surface area contributed by atoms with Crippen LogP contribution in [0.5, 0.6) is 5.75 Å². The zero-order chi connectivity index (χ0) is 15.9. The standard InChI is InChI=1S/C19H23N3O/c20-13-6-7-14-22-18-11-5-4-10-17(18)21-19(22)12-15-23-16-8-2-1-3-9-16/h1-5,8-11H,6-7,12-15,20H2. The number of imidazole rings is 1. The van der Waals surface area contributed by atoms with Crippen molar-refractivity contribution in [3.05, 3.63) is 60.4 Å². The van der Waals surface area contributed by atoms with Crippen molar-refractivity contribution in [2.75, 3.05) is 13.2 Å². The van der Waals surface area contributed by atoms with E-state index in [4.69, 9.17) is 15.5 Å². The van der Waals surface area contributed by atoms with Gasteiger partial charge in [-0.2, -0.15) is 0 Å². The lowest BCUT2D eigenvalue weighted by Crippen LogP contribution is -2.10. The number of fused-ring (bicyclic) bond motifs is 1. The van der Waals surface area contributed by atoms with Crippen molar-refractivity contribution >= 4 is 11.0 Å². The van der Waals surface area contributed by atoms with Gasteiger partial charge >= 0.3 is 0 Å². The molecule has 120 valence electrons. The first kappa shape index (κ1) is 15.6. The quantitative estimate of drug-likeness (QED) is 0.649. The third-order valence-corrected chi connectivity index (χ3v) is 3.91. The van der Waals surface area contributed by atoms with E-state index >= 15 is 0 Å². The molecule has 0 bridgehead atoms.